The first-order valence-corrected chi connectivity index (χ1v) is 5.32. The Labute approximate surface area is 81.5 Å². The maximum absolute atomic E-state index is 5.35. The summed E-state index contributed by atoms with van der Waals surface area (Å²) in [6, 6.07) is 0. The van der Waals surface area contributed by atoms with Crippen LogP contribution in [0.3, 0.4) is 0 Å². The number of hydrogen-bond donors (Lipinski definition) is 1. The minimum atomic E-state index is 0.415. The predicted molar refractivity (Wildman–Crippen MR) is 49.9 cm³/mol. The Hall–Kier alpha value is -0.640. The highest BCUT2D eigenvalue weighted by Crippen LogP contribution is 2.60. The second-order valence-electron chi connectivity index (χ2n) is 4.09. The van der Waals surface area contributed by atoms with E-state index in [-0.39, 0.29) is 0 Å². The molecule has 2 saturated carbocycles. The van der Waals surface area contributed by atoms with Crippen molar-refractivity contribution in [2.45, 2.75) is 31.6 Å². The summed E-state index contributed by atoms with van der Waals surface area (Å²) >= 11 is 4.86. The lowest BCUT2D eigenvalue weighted by Crippen LogP contribution is -1.91. The molecule has 0 aromatic carbocycles. The van der Waals surface area contributed by atoms with Gasteiger partial charge in [-0.25, -0.2) is 5.10 Å². The van der Waals surface area contributed by atoms with Crippen LogP contribution in [0.5, 0.6) is 0 Å². The number of nitrogens with zero attached hydrogens (tertiary/aromatic N) is 1. The lowest BCUT2D eigenvalue weighted by molar-refractivity contribution is 0.471. The van der Waals surface area contributed by atoms with Gasteiger partial charge in [-0.2, -0.15) is 0 Å². The molecule has 2 aliphatic carbocycles. The Kier molecular flexibility index (Phi) is 1.59. The SMILES string of the molecule is S=c1[nH]nc(C2C3CCCCC32)o1. The molecule has 1 N–H and O–H groups in total. The second-order valence-corrected chi connectivity index (χ2v) is 4.46. The third-order valence-electron chi connectivity index (χ3n) is 3.40. The van der Waals surface area contributed by atoms with E-state index < -0.39 is 0 Å². The van der Waals surface area contributed by atoms with E-state index in [1.54, 1.807) is 0 Å². The molecule has 0 amide bonds. The van der Waals surface area contributed by atoms with E-state index >= 15 is 0 Å². The maximum atomic E-state index is 5.35. The van der Waals surface area contributed by atoms with Crippen LogP contribution in [0.1, 0.15) is 37.5 Å². The molecule has 2 unspecified atom stereocenters. The van der Waals surface area contributed by atoms with E-state index in [9.17, 15) is 0 Å². The Balaban J connectivity index is 1.85. The molecular weight excluding hydrogens is 184 g/mol. The molecular formula is C9H12N2OS. The van der Waals surface area contributed by atoms with Crippen LogP contribution in [-0.2, 0) is 0 Å². The highest BCUT2D eigenvalue weighted by molar-refractivity contribution is 7.71. The Morgan fingerprint density at radius 3 is 2.54 bits per heavy atom. The van der Waals surface area contributed by atoms with Gasteiger partial charge in [0.2, 0.25) is 5.89 Å². The van der Waals surface area contributed by atoms with Crippen molar-refractivity contribution in [1.29, 1.82) is 0 Å². The molecule has 3 nitrogen and oxygen atoms in total. The maximum Gasteiger partial charge on any atom is 0.284 e. The van der Waals surface area contributed by atoms with Crippen LogP contribution in [-0.4, -0.2) is 10.2 Å². The molecule has 0 spiro atoms. The third kappa shape index (κ3) is 1.15. The molecule has 1 aromatic heterocycles. The van der Waals surface area contributed by atoms with Gasteiger partial charge in [-0.3, -0.25) is 0 Å². The highest BCUT2D eigenvalue weighted by atomic mass is 32.1. The molecule has 4 heteroatoms. The van der Waals surface area contributed by atoms with Gasteiger partial charge in [-0.15, -0.1) is 5.10 Å². The Bertz CT molecular complexity index is 358. The van der Waals surface area contributed by atoms with Gasteiger partial charge in [0.1, 0.15) is 0 Å². The monoisotopic (exact) mass is 196 g/mol. The number of rotatable bonds is 1. The third-order valence-corrected chi connectivity index (χ3v) is 3.57. The van der Waals surface area contributed by atoms with Crippen LogP contribution >= 0.6 is 12.2 Å². The molecule has 0 radical (unpaired) electrons. The van der Waals surface area contributed by atoms with Crippen LogP contribution < -0.4 is 0 Å². The summed E-state index contributed by atoms with van der Waals surface area (Å²) in [5, 5.41) is 6.80. The summed E-state index contributed by atoms with van der Waals surface area (Å²) in [7, 11) is 0. The molecule has 0 aliphatic heterocycles. The van der Waals surface area contributed by atoms with E-state index in [0.29, 0.717) is 10.8 Å². The fraction of sp³-hybridized carbons (Fsp3) is 0.778. The zero-order valence-electron chi connectivity index (χ0n) is 7.32. The summed E-state index contributed by atoms with van der Waals surface area (Å²) in [4.78, 5) is 0.415. The first-order valence-electron chi connectivity index (χ1n) is 4.91. The van der Waals surface area contributed by atoms with Crippen LogP contribution in [0.25, 0.3) is 0 Å². The van der Waals surface area contributed by atoms with Crippen molar-refractivity contribution < 1.29 is 4.42 Å². The molecule has 2 fully saturated rings. The van der Waals surface area contributed by atoms with Gasteiger partial charge < -0.3 is 4.42 Å². The molecule has 70 valence electrons. The van der Waals surface area contributed by atoms with Gasteiger partial charge in [0.05, 0.1) is 0 Å². The average molecular weight is 196 g/mol. The first kappa shape index (κ1) is 7.74. The number of H-pyrrole nitrogens is 1. The molecule has 1 aromatic rings. The number of hydrogen-bond acceptors (Lipinski definition) is 3. The molecule has 0 bridgehead atoms. The quantitative estimate of drug-likeness (QED) is 0.702. The van der Waals surface area contributed by atoms with Gasteiger partial charge in [-0.05, 0) is 36.9 Å². The lowest BCUT2D eigenvalue weighted by Gasteiger charge is -2.04. The van der Waals surface area contributed by atoms with Gasteiger partial charge >= 0.3 is 0 Å². The Morgan fingerprint density at radius 1 is 1.31 bits per heavy atom. The van der Waals surface area contributed by atoms with Crippen molar-refractivity contribution in [3.05, 3.63) is 10.7 Å². The van der Waals surface area contributed by atoms with Gasteiger partial charge in [0.25, 0.3) is 4.84 Å². The largest absolute Gasteiger partial charge is 0.414 e. The highest BCUT2D eigenvalue weighted by Gasteiger charge is 2.54. The zero-order valence-corrected chi connectivity index (χ0v) is 8.14. The summed E-state index contributed by atoms with van der Waals surface area (Å²) in [5.74, 6) is 3.11. The average Bonchev–Trinajstić information content (AvgIpc) is 2.73. The first-order chi connectivity index (χ1) is 6.36. The summed E-state index contributed by atoms with van der Waals surface area (Å²) in [6.45, 7) is 0. The van der Waals surface area contributed by atoms with Crippen LogP contribution in [0, 0.1) is 16.7 Å². The molecule has 13 heavy (non-hydrogen) atoms. The molecule has 0 saturated heterocycles. The zero-order chi connectivity index (χ0) is 8.84. The number of aromatic amines is 1. The van der Waals surface area contributed by atoms with Crippen molar-refractivity contribution >= 4 is 12.2 Å². The standard InChI is InChI=1S/C9H12N2OS/c13-9-11-10-8(12-9)7-5-3-1-2-4-6(5)7/h5-7H,1-4H2,(H,11,13). The molecule has 2 aliphatic rings. The van der Waals surface area contributed by atoms with Gasteiger partial charge in [0.15, 0.2) is 0 Å². The minimum absolute atomic E-state index is 0.415. The van der Waals surface area contributed by atoms with E-state index in [4.69, 9.17) is 16.6 Å². The number of aromatic nitrogens is 2. The topological polar surface area (TPSA) is 41.8 Å². The fourth-order valence-electron chi connectivity index (χ4n) is 2.74. The van der Waals surface area contributed by atoms with E-state index in [0.717, 1.165) is 17.7 Å². The molecule has 3 rings (SSSR count). The van der Waals surface area contributed by atoms with E-state index in [1.165, 1.54) is 25.7 Å². The van der Waals surface area contributed by atoms with Crippen molar-refractivity contribution in [2.75, 3.05) is 0 Å². The van der Waals surface area contributed by atoms with Gasteiger partial charge in [0, 0.05) is 5.92 Å². The van der Waals surface area contributed by atoms with Gasteiger partial charge in [-0.1, -0.05) is 12.8 Å². The van der Waals surface area contributed by atoms with Crippen molar-refractivity contribution in [3.63, 3.8) is 0 Å². The second kappa shape index (κ2) is 2.67. The van der Waals surface area contributed by atoms with Crippen LogP contribution in [0.4, 0.5) is 0 Å². The number of fused-ring (bicyclic) bond motifs is 1. The molecule has 2 atom stereocenters. The summed E-state index contributed by atoms with van der Waals surface area (Å²) < 4.78 is 5.35. The minimum Gasteiger partial charge on any atom is -0.414 e. The molecule has 1 heterocycles. The lowest BCUT2D eigenvalue weighted by atomic mass is 10.0. The van der Waals surface area contributed by atoms with Crippen molar-refractivity contribution in [1.82, 2.24) is 10.2 Å². The number of nitrogens with one attached hydrogen (secondary N) is 1. The predicted octanol–water partition coefficient (Wildman–Crippen LogP) is 2.64. The van der Waals surface area contributed by atoms with E-state index in [2.05, 4.69) is 10.2 Å². The van der Waals surface area contributed by atoms with Crippen LogP contribution in [0.2, 0.25) is 0 Å². The van der Waals surface area contributed by atoms with Crippen molar-refractivity contribution in [2.24, 2.45) is 11.8 Å². The Morgan fingerprint density at radius 2 is 2.00 bits per heavy atom. The fourth-order valence-corrected chi connectivity index (χ4v) is 2.87. The summed E-state index contributed by atoms with van der Waals surface area (Å²) in [5.41, 5.74) is 0. The van der Waals surface area contributed by atoms with Crippen molar-refractivity contribution in [3.8, 4) is 0 Å². The van der Waals surface area contributed by atoms with Crippen LogP contribution in [0.15, 0.2) is 4.42 Å². The smallest absolute Gasteiger partial charge is 0.284 e. The normalized spacial score (nSPS) is 37.1. The van der Waals surface area contributed by atoms with E-state index in [1.807, 2.05) is 0 Å². The summed E-state index contributed by atoms with van der Waals surface area (Å²) in [6.07, 6.45) is 5.46.